The Hall–Kier alpha value is -3.39. The SMILES string of the molecule is FC(F)(F)c1ccc([S+](c2ccccc2)c2ccccc2)cc1.Oc1ccc(F)c(F)c1F. The molecular formula is C25H17F6OS+. The van der Waals surface area contributed by atoms with Crippen molar-refractivity contribution in [3.05, 3.63) is 120 Å². The Bertz CT molecular complexity index is 1110. The number of benzene rings is 4. The topological polar surface area (TPSA) is 20.2 Å². The number of phenols is 1. The molecule has 0 heterocycles. The van der Waals surface area contributed by atoms with E-state index in [-0.39, 0.29) is 0 Å². The fourth-order valence-electron chi connectivity index (χ4n) is 2.82. The molecular weight excluding hydrogens is 462 g/mol. The predicted octanol–water partition coefficient (Wildman–Crippen LogP) is 7.61. The van der Waals surface area contributed by atoms with Crippen LogP contribution in [0.25, 0.3) is 0 Å². The quantitative estimate of drug-likeness (QED) is 0.182. The fraction of sp³-hybridized carbons (Fsp3) is 0.0400. The van der Waals surface area contributed by atoms with Crippen molar-refractivity contribution >= 4 is 10.9 Å². The molecule has 33 heavy (non-hydrogen) atoms. The summed E-state index contributed by atoms with van der Waals surface area (Å²) in [6.07, 6.45) is -4.31. The van der Waals surface area contributed by atoms with Gasteiger partial charge in [0.2, 0.25) is 5.82 Å². The Morgan fingerprint density at radius 2 is 1.00 bits per heavy atom. The lowest BCUT2D eigenvalue weighted by Crippen LogP contribution is -2.07. The number of hydrogen-bond acceptors (Lipinski definition) is 1. The van der Waals surface area contributed by atoms with Gasteiger partial charge >= 0.3 is 6.18 Å². The largest absolute Gasteiger partial charge is 0.505 e. The maximum Gasteiger partial charge on any atom is 0.416 e. The van der Waals surface area contributed by atoms with Crippen LogP contribution in [0.3, 0.4) is 0 Å². The lowest BCUT2D eigenvalue weighted by Gasteiger charge is -2.10. The van der Waals surface area contributed by atoms with Gasteiger partial charge in [-0.05, 0) is 60.7 Å². The van der Waals surface area contributed by atoms with Crippen molar-refractivity contribution in [1.29, 1.82) is 0 Å². The van der Waals surface area contributed by atoms with Gasteiger partial charge in [-0.1, -0.05) is 36.4 Å². The summed E-state index contributed by atoms with van der Waals surface area (Å²) >= 11 is 0. The van der Waals surface area contributed by atoms with Crippen LogP contribution in [0.4, 0.5) is 26.3 Å². The molecule has 0 saturated carbocycles. The van der Waals surface area contributed by atoms with Crippen molar-refractivity contribution in [3.8, 4) is 5.75 Å². The molecule has 0 atom stereocenters. The second kappa shape index (κ2) is 10.5. The van der Waals surface area contributed by atoms with Crippen LogP contribution >= 0.6 is 0 Å². The molecule has 170 valence electrons. The van der Waals surface area contributed by atoms with Crippen molar-refractivity contribution in [2.45, 2.75) is 20.9 Å². The van der Waals surface area contributed by atoms with E-state index >= 15 is 0 Å². The molecule has 0 unspecified atom stereocenters. The highest BCUT2D eigenvalue weighted by Gasteiger charge is 2.33. The third-order valence-corrected chi connectivity index (χ3v) is 6.62. The van der Waals surface area contributed by atoms with E-state index in [1.807, 2.05) is 60.7 Å². The molecule has 1 N–H and O–H groups in total. The van der Waals surface area contributed by atoms with Gasteiger partial charge in [-0.3, -0.25) is 0 Å². The molecule has 0 radical (unpaired) electrons. The summed E-state index contributed by atoms with van der Waals surface area (Å²) in [7, 11) is -0.417. The maximum atomic E-state index is 12.8. The van der Waals surface area contributed by atoms with Gasteiger partial charge in [-0.15, -0.1) is 0 Å². The normalized spacial score (nSPS) is 11.1. The molecule has 0 aliphatic heterocycles. The van der Waals surface area contributed by atoms with Crippen molar-refractivity contribution in [3.63, 3.8) is 0 Å². The Balaban J connectivity index is 0.000000257. The molecule has 0 saturated heterocycles. The zero-order valence-electron chi connectivity index (χ0n) is 16.9. The summed E-state index contributed by atoms with van der Waals surface area (Å²) in [6.45, 7) is 0. The molecule has 4 aromatic carbocycles. The summed E-state index contributed by atoms with van der Waals surface area (Å²) < 4.78 is 74.5. The third-order valence-electron chi connectivity index (χ3n) is 4.39. The highest BCUT2D eigenvalue weighted by molar-refractivity contribution is 7.97. The van der Waals surface area contributed by atoms with E-state index in [1.54, 1.807) is 12.1 Å². The highest BCUT2D eigenvalue weighted by atomic mass is 32.2. The molecule has 4 rings (SSSR count). The van der Waals surface area contributed by atoms with Gasteiger partial charge in [-0.2, -0.15) is 17.6 Å². The van der Waals surface area contributed by atoms with E-state index in [4.69, 9.17) is 5.11 Å². The average molecular weight is 479 g/mol. The number of phenolic OH excluding ortho intramolecular Hbond substituents is 1. The summed E-state index contributed by atoms with van der Waals surface area (Å²) in [5.74, 6) is -5.41. The van der Waals surface area contributed by atoms with Crippen molar-refractivity contribution in [2.75, 3.05) is 0 Å². The number of rotatable bonds is 3. The van der Waals surface area contributed by atoms with Gasteiger partial charge in [0.05, 0.1) is 16.5 Å². The lowest BCUT2D eigenvalue weighted by molar-refractivity contribution is -0.137. The number of aromatic hydroxyl groups is 1. The Labute approximate surface area is 189 Å². The van der Waals surface area contributed by atoms with Gasteiger partial charge in [0.25, 0.3) is 0 Å². The van der Waals surface area contributed by atoms with Crippen LogP contribution in [-0.2, 0) is 17.1 Å². The first-order chi connectivity index (χ1) is 15.7. The minimum absolute atomic E-state index is 0.417. The van der Waals surface area contributed by atoms with Crippen LogP contribution in [0.15, 0.2) is 112 Å². The first kappa shape index (κ1) is 24.3. The van der Waals surface area contributed by atoms with E-state index < -0.39 is 45.8 Å². The van der Waals surface area contributed by atoms with Gasteiger partial charge in [0.1, 0.15) is 0 Å². The molecule has 4 aromatic rings. The molecule has 0 fully saturated rings. The van der Waals surface area contributed by atoms with Crippen LogP contribution in [0, 0.1) is 17.5 Å². The monoisotopic (exact) mass is 479 g/mol. The first-order valence-corrected chi connectivity index (χ1v) is 10.7. The smallest absolute Gasteiger partial charge is 0.416 e. The van der Waals surface area contributed by atoms with E-state index in [2.05, 4.69) is 0 Å². The van der Waals surface area contributed by atoms with Crippen molar-refractivity contribution in [1.82, 2.24) is 0 Å². The maximum absolute atomic E-state index is 12.8. The van der Waals surface area contributed by atoms with Crippen LogP contribution in [0.1, 0.15) is 5.56 Å². The minimum Gasteiger partial charge on any atom is -0.505 e. The Kier molecular flexibility index (Phi) is 7.71. The molecule has 0 amide bonds. The standard InChI is InChI=1S/C19H14F3S.C6H3F3O/c20-19(21,22)15-11-13-18(14-12-15)23(16-7-3-1-4-8-16)17-9-5-2-6-10-17;7-3-1-2-4(10)6(9)5(3)8/h1-14H;1-2,10H/q+1;. The molecule has 0 aromatic heterocycles. The van der Waals surface area contributed by atoms with Crippen molar-refractivity contribution in [2.24, 2.45) is 0 Å². The average Bonchev–Trinajstić information content (AvgIpc) is 2.82. The van der Waals surface area contributed by atoms with Crippen molar-refractivity contribution < 1.29 is 31.4 Å². The van der Waals surface area contributed by atoms with Gasteiger partial charge < -0.3 is 5.11 Å². The Morgan fingerprint density at radius 1 is 0.545 bits per heavy atom. The predicted molar refractivity (Wildman–Crippen MR) is 114 cm³/mol. The van der Waals surface area contributed by atoms with Gasteiger partial charge in [-0.25, -0.2) is 8.78 Å². The summed E-state index contributed by atoms with van der Waals surface area (Å²) in [6, 6.07) is 26.5. The van der Waals surface area contributed by atoms with E-state index in [0.29, 0.717) is 6.07 Å². The lowest BCUT2D eigenvalue weighted by atomic mass is 10.2. The number of alkyl halides is 3. The molecule has 0 aliphatic carbocycles. The number of halogens is 6. The summed E-state index contributed by atoms with van der Waals surface area (Å²) in [5.41, 5.74) is -0.620. The van der Waals surface area contributed by atoms with Crippen LogP contribution in [0.2, 0.25) is 0 Å². The molecule has 8 heteroatoms. The molecule has 0 spiro atoms. The van der Waals surface area contributed by atoms with E-state index in [1.165, 1.54) is 0 Å². The fourth-order valence-corrected chi connectivity index (χ4v) is 4.90. The summed E-state index contributed by atoms with van der Waals surface area (Å²) in [5, 5.41) is 8.44. The summed E-state index contributed by atoms with van der Waals surface area (Å²) in [4.78, 5) is 3.03. The van der Waals surface area contributed by atoms with Crippen LogP contribution < -0.4 is 0 Å². The Morgan fingerprint density at radius 3 is 1.42 bits per heavy atom. The minimum atomic E-state index is -4.31. The first-order valence-electron chi connectivity index (χ1n) is 9.52. The zero-order valence-corrected chi connectivity index (χ0v) is 17.7. The van der Waals surface area contributed by atoms with Crippen LogP contribution in [-0.4, -0.2) is 5.11 Å². The molecule has 1 nitrogen and oxygen atoms in total. The second-order valence-corrected chi connectivity index (χ2v) is 8.68. The highest BCUT2D eigenvalue weighted by Crippen LogP contribution is 2.34. The van der Waals surface area contributed by atoms with Gasteiger partial charge in [0.15, 0.2) is 32.1 Å². The van der Waals surface area contributed by atoms with E-state index in [9.17, 15) is 26.3 Å². The third kappa shape index (κ3) is 6.10. The van der Waals surface area contributed by atoms with Gasteiger partial charge in [0, 0.05) is 0 Å². The second-order valence-electron chi connectivity index (χ2n) is 6.65. The number of hydrogen-bond donors (Lipinski definition) is 1. The van der Waals surface area contributed by atoms with Crippen LogP contribution in [0.5, 0.6) is 5.75 Å². The molecule has 0 aliphatic rings. The zero-order chi connectivity index (χ0) is 24.0. The van der Waals surface area contributed by atoms with E-state index in [0.717, 1.165) is 32.9 Å². The molecule has 0 bridgehead atoms.